The molecule has 0 aromatic carbocycles. The SMILES string of the molecule is NCC(=O)c1sc2c(c1Br)CCCC2. The fourth-order valence-electron chi connectivity index (χ4n) is 1.80. The van der Waals surface area contributed by atoms with E-state index in [9.17, 15) is 4.79 Å². The molecule has 1 aliphatic carbocycles. The van der Waals surface area contributed by atoms with Gasteiger partial charge in [-0.2, -0.15) is 0 Å². The lowest BCUT2D eigenvalue weighted by atomic mass is 9.99. The second-order valence-corrected chi connectivity index (χ2v) is 5.38. The highest BCUT2D eigenvalue weighted by Gasteiger charge is 2.21. The molecule has 76 valence electrons. The van der Waals surface area contributed by atoms with Crippen molar-refractivity contribution in [1.29, 1.82) is 0 Å². The molecule has 1 aliphatic rings. The summed E-state index contributed by atoms with van der Waals surface area (Å²) in [5, 5.41) is 0. The van der Waals surface area contributed by atoms with Crippen molar-refractivity contribution in [1.82, 2.24) is 0 Å². The van der Waals surface area contributed by atoms with E-state index < -0.39 is 0 Å². The normalized spacial score (nSPS) is 15.3. The highest BCUT2D eigenvalue weighted by Crippen LogP contribution is 2.37. The fraction of sp³-hybridized carbons (Fsp3) is 0.500. The van der Waals surface area contributed by atoms with E-state index in [4.69, 9.17) is 5.73 Å². The summed E-state index contributed by atoms with van der Waals surface area (Å²) in [5.74, 6) is 0.0521. The van der Waals surface area contributed by atoms with E-state index in [1.165, 1.54) is 23.3 Å². The number of halogens is 1. The average Bonchev–Trinajstić information content (AvgIpc) is 2.56. The smallest absolute Gasteiger partial charge is 0.187 e. The maximum atomic E-state index is 11.5. The maximum absolute atomic E-state index is 11.5. The Morgan fingerprint density at radius 1 is 1.43 bits per heavy atom. The molecule has 0 atom stereocenters. The molecule has 2 N–H and O–H groups in total. The van der Waals surface area contributed by atoms with Crippen LogP contribution in [0.3, 0.4) is 0 Å². The number of rotatable bonds is 2. The third-order valence-electron chi connectivity index (χ3n) is 2.55. The Hall–Kier alpha value is -0.190. The van der Waals surface area contributed by atoms with E-state index in [-0.39, 0.29) is 12.3 Å². The summed E-state index contributed by atoms with van der Waals surface area (Å²) in [6.45, 7) is 0.109. The molecule has 2 rings (SSSR count). The molecule has 1 heterocycles. The van der Waals surface area contributed by atoms with Gasteiger partial charge in [0.05, 0.1) is 11.4 Å². The van der Waals surface area contributed by atoms with Crippen molar-refractivity contribution in [3.05, 3.63) is 19.8 Å². The van der Waals surface area contributed by atoms with E-state index in [1.54, 1.807) is 11.3 Å². The second kappa shape index (κ2) is 4.13. The number of hydrogen-bond donors (Lipinski definition) is 1. The predicted octanol–water partition coefficient (Wildman–Crippen LogP) is 2.53. The Morgan fingerprint density at radius 3 is 2.79 bits per heavy atom. The average molecular weight is 274 g/mol. The Kier molecular flexibility index (Phi) is 3.04. The molecule has 0 saturated carbocycles. The zero-order valence-electron chi connectivity index (χ0n) is 7.81. The van der Waals surface area contributed by atoms with Gasteiger partial charge in [0.2, 0.25) is 0 Å². The predicted molar refractivity (Wildman–Crippen MR) is 62.0 cm³/mol. The molecular formula is C10H12BrNOS. The second-order valence-electron chi connectivity index (χ2n) is 3.48. The van der Waals surface area contributed by atoms with Gasteiger partial charge in [-0.3, -0.25) is 4.79 Å². The van der Waals surface area contributed by atoms with Crippen molar-refractivity contribution >= 4 is 33.0 Å². The zero-order chi connectivity index (χ0) is 10.1. The highest BCUT2D eigenvalue weighted by molar-refractivity contribution is 9.10. The van der Waals surface area contributed by atoms with Crippen LogP contribution < -0.4 is 5.73 Å². The summed E-state index contributed by atoms with van der Waals surface area (Å²) in [5.41, 5.74) is 6.71. The van der Waals surface area contributed by atoms with Crippen molar-refractivity contribution in [2.45, 2.75) is 25.7 Å². The molecule has 0 spiro atoms. The summed E-state index contributed by atoms with van der Waals surface area (Å²) < 4.78 is 1.01. The maximum Gasteiger partial charge on any atom is 0.187 e. The molecule has 4 heteroatoms. The molecule has 0 fully saturated rings. The summed E-state index contributed by atoms with van der Waals surface area (Å²) in [6, 6.07) is 0. The van der Waals surface area contributed by atoms with Crippen LogP contribution in [0.25, 0.3) is 0 Å². The molecule has 0 saturated heterocycles. The van der Waals surface area contributed by atoms with Gasteiger partial charge >= 0.3 is 0 Å². The van der Waals surface area contributed by atoms with Gasteiger partial charge in [-0.1, -0.05) is 0 Å². The third-order valence-corrected chi connectivity index (χ3v) is 5.02. The van der Waals surface area contributed by atoms with E-state index >= 15 is 0 Å². The van der Waals surface area contributed by atoms with Crippen LogP contribution in [0.4, 0.5) is 0 Å². The first-order chi connectivity index (χ1) is 6.74. The number of ketones is 1. The first-order valence-corrected chi connectivity index (χ1v) is 6.38. The van der Waals surface area contributed by atoms with Crippen molar-refractivity contribution < 1.29 is 4.79 Å². The highest BCUT2D eigenvalue weighted by atomic mass is 79.9. The molecule has 2 nitrogen and oxygen atoms in total. The van der Waals surface area contributed by atoms with Crippen LogP contribution in [0.2, 0.25) is 0 Å². The van der Waals surface area contributed by atoms with Crippen LogP contribution in [0.1, 0.15) is 33.0 Å². The number of fused-ring (bicyclic) bond motifs is 1. The quantitative estimate of drug-likeness (QED) is 0.842. The van der Waals surface area contributed by atoms with Gasteiger partial charge in [0.1, 0.15) is 0 Å². The van der Waals surface area contributed by atoms with Crippen molar-refractivity contribution in [3.63, 3.8) is 0 Å². The number of thiophene rings is 1. The van der Waals surface area contributed by atoms with Crippen LogP contribution >= 0.6 is 27.3 Å². The lowest BCUT2D eigenvalue weighted by Gasteiger charge is -2.09. The number of carbonyl (C=O) groups is 1. The molecule has 0 unspecified atom stereocenters. The topological polar surface area (TPSA) is 43.1 Å². The van der Waals surface area contributed by atoms with Gasteiger partial charge in [0, 0.05) is 9.35 Å². The minimum atomic E-state index is 0.0521. The Morgan fingerprint density at radius 2 is 2.14 bits per heavy atom. The lowest BCUT2D eigenvalue weighted by Crippen LogP contribution is -2.12. The molecule has 1 aromatic rings. The Balaban J connectivity index is 2.43. The van der Waals surface area contributed by atoms with E-state index in [1.807, 2.05) is 0 Å². The van der Waals surface area contributed by atoms with Crippen molar-refractivity contribution in [2.75, 3.05) is 6.54 Å². The van der Waals surface area contributed by atoms with Crippen LogP contribution in [-0.2, 0) is 12.8 Å². The summed E-state index contributed by atoms with van der Waals surface area (Å²) >= 11 is 5.13. The number of hydrogen-bond acceptors (Lipinski definition) is 3. The summed E-state index contributed by atoms with van der Waals surface area (Å²) in [4.78, 5) is 13.7. The van der Waals surface area contributed by atoms with Crippen LogP contribution in [0, 0.1) is 0 Å². The Labute approximate surface area is 95.6 Å². The van der Waals surface area contributed by atoms with Crippen LogP contribution in [0.5, 0.6) is 0 Å². The van der Waals surface area contributed by atoms with Gasteiger partial charge in [-0.05, 0) is 47.2 Å². The lowest BCUT2D eigenvalue weighted by molar-refractivity contribution is 0.100. The number of nitrogens with two attached hydrogens (primary N) is 1. The fourth-order valence-corrected chi connectivity index (χ4v) is 4.06. The van der Waals surface area contributed by atoms with Gasteiger partial charge < -0.3 is 5.73 Å². The van der Waals surface area contributed by atoms with E-state index in [2.05, 4.69) is 15.9 Å². The first-order valence-electron chi connectivity index (χ1n) is 4.77. The number of carbonyl (C=O) groups excluding carboxylic acids is 1. The van der Waals surface area contributed by atoms with Crippen LogP contribution in [-0.4, -0.2) is 12.3 Å². The van der Waals surface area contributed by atoms with E-state index in [0.717, 1.165) is 22.2 Å². The first kappa shape index (κ1) is 10.3. The largest absolute Gasteiger partial charge is 0.324 e. The number of aryl methyl sites for hydroxylation is 1. The molecule has 0 radical (unpaired) electrons. The third kappa shape index (κ3) is 1.66. The summed E-state index contributed by atoms with van der Waals surface area (Å²) in [6.07, 6.45) is 4.70. The van der Waals surface area contributed by atoms with Gasteiger partial charge in [0.15, 0.2) is 5.78 Å². The van der Waals surface area contributed by atoms with Gasteiger partial charge in [-0.15, -0.1) is 11.3 Å². The minimum absolute atomic E-state index is 0.0521. The van der Waals surface area contributed by atoms with E-state index in [0.29, 0.717) is 0 Å². The molecule has 0 amide bonds. The van der Waals surface area contributed by atoms with Crippen molar-refractivity contribution in [2.24, 2.45) is 5.73 Å². The standard InChI is InChI=1S/C10H12BrNOS/c11-9-6-3-1-2-4-8(6)14-10(9)7(13)5-12/h1-5,12H2. The van der Waals surface area contributed by atoms with Crippen LogP contribution in [0.15, 0.2) is 4.47 Å². The molecule has 0 aliphatic heterocycles. The Bertz CT molecular complexity index is 372. The zero-order valence-corrected chi connectivity index (χ0v) is 10.2. The van der Waals surface area contributed by atoms with Crippen molar-refractivity contribution in [3.8, 4) is 0 Å². The molecule has 0 bridgehead atoms. The number of Topliss-reactive ketones (excluding diaryl/α,β-unsaturated/α-hetero) is 1. The minimum Gasteiger partial charge on any atom is -0.324 e. The molecule has 1 aromatic heterocycles. The summed E-state index contributed by atoms with van der Waals surface area (Å²) in [7, 11) is 0. The van der Waals surface area contributed by atoms with Gasteiger partial charge in [-0.25, -0.2) is 0 Å². The molecule has 14 heavy (non-hydrogen) atoms. The monoisotopic (exact) mass is 273 g/mol. The van der Waals surface area contributed by atoms with Gasteiger partial charge in [0.25, 0.3) is 0 Å². The molecular weight excluding hydrogens is 262 g/mol.